The molecule has 1 aliphatic heterocycles. The van der Waals surface area contributed by atoms with E-state index in [1.54, 1.807) is 0 Å². The molecule has 0 bridgehead atoms. The molecule has 0 radical (unpaired) electrons. The van der Waals surface area contributed by atoms with Crippen LogP contribution in [0.4, 0.5) is 0 Å². The molecule has 1 atom stereocenters. The van der Waals surface area contributed by atoms with Crippen LogP contribution in [0.5, 0.6) is 5.75 Å². The fraction of sp³-hybridized carbons (Fsp3) is 0.625. The molecule has 2 aliphatic rings. The zero-order valence-electron chi connectivity index (χ0n) is 12.5. The summed E-state index contributed by atoms with van der Waals surface area (Å²) in [6.45, 7) is 6.43. The maximum atomic E-state index is 10.5. The highest BCUT2D eigenvalue weighted by Gasteiger charge is 2.38. The first-order chi connectivity index (χ1) is 9.31. The zero-order valence-corrected chi connectivity index (χ0v) is 14.2. The second-order valence-electron chi connectivity index (χ2n) is 5.78. The topological polar surface area (TPSA) is 35.5 Å². The molecule has 1 aromatic rings. The lowest BCUT2D eigenvalue weighted by molar-refractivity contribution is 0.153. The number of benzene rings is 1. The van der Waals surface area contributed by atoms with Gasteiger partial charge in [-0.05, 0) is 30.7 Å². The molecule has 1 heterocycles. The quantitative estimate of drug-likeness (QED) is 0.888. The van der Waals surface area contributed by atoms with Crippen molar-refractivity contribution in [2.24, 2.45) is 5.92 Å². The summed E-state index contributed by atoms with van der Waals surface area (Å²) in [6, 6.07) is 6.69. The standard InChI is InChI=1S/C16H24N2O.2ClH/c1-2-12-4-3-5-14(16(12)19)15(13-6-7-13)18-10-8-17-9-11-18;;/h3-5,13,15,17,19H,2,6-11H2,1H3;2*1H/t15-;;/m1../s1. The Kier molecular flexibility index (Phi) is 7.28. The first-order valence-electron chi connectivity index (χ1n) is 7.56. The van der Waals surface area contributed by atoms with Gasteiger partial charge in [0.05, 0.1) is 0 Å². The number of halogens is 2. The molecule has 21 heavy (non-hydrogen) atoms. The van der Waals surface area contributed by atoms with Crippen LogP contribution >= 0.6 is 24.8 Å². The second kappa shape index (κ2) is 8.23. The number of rotatable bonds is 4. The van der Waals surface area contributed by atoms with E-state index in [1.807, 2.05) is 6.07 Å². The molecular weight excluding hydrogens is 307 g/mol. The maximum Gasteiger partial charge on any atom is 0.123 e. The summed E-state index contributed by atoms with van der Waals surface area (Å²) in [5.74, 6) is 1.29. The van der Waals surface area contributed by atoms with Gasteiger partial charge < -0.3 is 10.4 Å². The lowest BCUT2D eigenvalue weighted by Gasteiger charge is -2.36. The summed E-state index contributed by atoms with van der Waals surface area (Å²) < 4.78 is 0. The predicted molar refractivity (Wildman–Crippen MR) is 91.9 cm³/mol. The number of para-hydroxylation sites is 1. The minimum Gasteiger partial charge on any atom is -0.507 e. The molecule has 1 aliphatic carbocycles. The zero-order chi connectivity index (χ0) is 13.2. The van der Waals surface area contributed by atoms with Crippen LogP contribution in [0.1, 0.15) is 36.9 Å². The Bertz CT molecular complexity index is 446. The van der Waals surface area contributed by atoms with Crippen molar-refractivity contribution in [3.8, 4) is 5.75 Å². The Morgan fingerprint density at radius 2 is 1.90 bits per heavy atom. The molecule has 5 heteroatoms. The molecule has 0 spiro atoms. The Hall–Kier alpha value is -0.480. The van der Waals surface area contributed by atoms with Gasteiger partial charge in [-0.25, -0.2) is 0 Å². The van der Waals surface area contributed by atoms with E-state index in [1.165, 1.54) is 12.8 Å². The van der Waals surface area contributed by atoms with Crippen molar-refractivity contribution >= 4 is 24.8 Å². The van der Waals surface area contributed by atoms with Gasteiger partial charge in [-0.15, -0.1) is 24.8 Å². The van der Waals surface area contributed by atoms with Crippen LogP contribution < -0.4 is 5.32 Å². The summed E-state index contributed by atoms with van der Waals surface area (Å²) >= 11 is 0. The van der Waals surface area contributed by atoms with Gasteiger partial charge in [0.15, 0.2) is 0 Å². The third kappa shape index (κ3) is 4.04. The van der Waals surface area contributed by atoms with E-state index >= 15 is 0 Å². The Labute approximate surface area is 139 Å². The first kappa shape index (κ1) is 18.6. The van der Waals surface area contributed by atoms with Gasteiger partial charge in [-0.1, -0.05) is 25.1 Å². The smallest absolute Gasteiger partial charge is 0.123 e. The normalized spacial score (nSPS) is 20.2. The van der Waals surface area contributed by atoms with Gasteiger partial charge in [0.2, 0.25) is 0 Å². The number of phenolic OH excluding ortho intramolecular Hbond substituents is 1. The lowest BCUT2D eigenvalue weighted by atomic mass is 9.95. The number of nitrogens with one attached hydrogen (secondary N) is 1. The monoisotopic (exact) mass is 332 g/mol. The number of aryl methyl sites for hydroxylation is 1. The third-order valence-electron chi connectivity index (χ3n) is 4.46. The summed E-state index contributed by atoms with van der Waals surface area (Å²) in [5, 5.41) is 13.9. The Morgan fingerprint density at radius 1 is 1.24 bits per heavy atom. The average molecular weight is 333 g/mol. The fourth-order valence-electron chi connectivity index (χ4n) is 3.26. The number of nitrogens with zero attached hydrogens (tertiary/aromatic N) is 1. The van der Waals surface area contributed by atoms with E-state index in [4.69, 9.17) is 0 Å². The highest BCUT2D eigenvalue weighted by molar-refractivity contribution is 5.85. The van der Waals surface area contributed by atoms with Crippen molar-refractivity contribution in [1.29, 1.82) is 0 Å². The molecule has 0 aromatic heterocycles. The van der Waals surface area contributed by atoms with Crippen molar-refractivity contribution in [3.63, 3.8) is 0 Å². The van der Waals surface area contributed by atoms with Gasteiger partial charge in [0, 0.05) is 37.8 Å². The first-order valence-corrected chi connectivity index (χ1v) is 7.56. The minimum atomic E-state index is 0. The summed E-state index contributed by atoms with van der Waals surface area (Å²) in [5.41, 5.74) is 2.24. The van der Waals surface area contributed by atoms with Crippen molar-refractivity contribution in [2.75, 3.05) is 26.2 Å². The second-order valence-corrected chi connectivity index (χ2v) is 5.78. The highest BCUT2D eigenvalue weighted by atomic mass is 35.5. The lowest BCUT2D eigenvalue weighted by Crippen LogP contribution is -2.45. The molecule has 1 saturated carbocycles. The van der Waals surface area contributed by atoms with Crippen LogP contribution in [-0.4, -0.2) is 36.2 Å². The van der Waals surface area contributed by atoms with Crippen molar-refractivity contribution in [1.82, 2.24) is 10.2 Å². The van der Waals surface area contributed by atoms with E-state index < -0.39 is 0 Å². The molecule has 3 rings (SSSR count). The molecule has 0 amide bonds. The van der Waals surface area contributed by atoms with Crippen LogP contribution in [0.15, 0.2) is 18.2 Å². The van der Waals surface area contributed by atoms with E-state index in [0.29, 0.717) is 11.8 Å². The maximum absolute atomic E-state index is 10.5. The van der Waals surface area contributed by atoms with Crippen LogP contribution in [0.25, 0.3) is 0 Å². The van der Waals surface area contributed by atoms with Gasteiger partial charge in [-0.2, -0.15) is 0 Å². The minimum absolute atomic E-state index is 0. The van der Waals surface area contributed by atoms with Gasteiger partial charge >= 0.3 is 0 Å². The van der Waals surface area contributed by atoms with Crippen LogP contribution in [0, 0.1) is 5.92 Å². The number of hydrogen-bond donors (Lipinski definition) is 2. The largest absolute Gasteiger partial charge is 0.507 e. The fourth-order valence-corrected chi connectivity index (χ4v) is 3.26. The van der Waals surface area contributed by atoms with Crippen LogP contribution in [0.2, 0.25) is 0 Å². The predicted octanol–water partition coefficient (Wildman–Crippen LogP) is 3.15. The Balaban J connectivity index is 0.00000110. The van der Waals surface area contributed by atoms with E-state index in [2.05, 4.69) is 29.3 Å². The molecule has 1 saturated heterocycles. The van der Waals surface area contributed by atoms with E-state index in [0.717, 1.165) is 49.6 Å². The molecule has 2 fully saturated rings. The van der Waals surface area contributed by atoms with Crippen molar-refractivity contribution in [2.45, 2.75) is 32.2 Å². The summed E-state index contributed by atoms with van der Waals surface area (Å²) in [4.78, 5) is 2.56. The van der Waals surface area contributed by atoms with Gasteiger partial charge in [0.25, 0.3) is 0 Å². The van der Waals surface area contributed by atoms with Gasteiger partial charge in [0.1, 0.15) is 5.75 Å². The number of phenols is 1. The number of hydrogen-bond acceptors (Lipinski definition) is 3. The van der Waals surface area contributed by atoms with E-state index in [-0.39, 0.29) is 24.8 Å². The van der Waals surface area contributed by atoms with Crippen LogP contribution in [0.3, 0.4) is 0 Å². The molecule has 0 unspecified atom stereocenters. The van der Waals surface area contributed by atoms with E-state index in [9.17, 15) is 5.11 Å². The molecule has 1 aromatic carbocycles. The van der Waals surface area contributed by atoms with Crippen molar-refractivity contribution < 1.29 is 5.11 Å². The van der Waals surface area contributed by atoms with Crippen molar-refractivity contribution in [3.05, 3.63) is 29.3 Å². The highest BCUT2D eigenvalue weighted by Crippen LogP contribution is 2.47. The number of aromatic hydroxyl groups is 1. The van der Waals surface area contributed by atoms with Crippen LogP contribution in [-0.2, 0) is 6.42 Å². The average Bonchev–Trinajstić information content (AvgIpc) is 3.27. The molecular formula is C16H26Cl2N2O. The number of piperazine rings is 1. The molecule has 120 valence electrons. The summed E-state index contributed by atoms with van der Waals surface area (Å²) in [6.07, 6.45) is 3.52. The SMILES string of the molecule is CCc1cccc([C@@H](C2CC2)N2CCNCC2)c1O.Cl.Cl. The molecule has 3 nitrogen and oxygen atoms in total. The Morgan fingerprint density at radius 3 is 2.48 bits per heavy atom. The van der Waals surface area contributed by atoms with Gasteiger partial charge in [-0.3, -0.25) is 4.90 Å². The third-order valence-corrected chi connectivity index (χ3v) is 4.46. The summed E-state index contributed by atoms with van der Waals surface area (Å²) in [7, 11) is 0. The molecule has 2 N–H and O–H groups in total.